The fourth-order valence-electron chi connectivity index (χ4n) is 4.35. The zero-order valence-corrected chi connectivity index (χ0v) is 18.9. The van der Waals surface area contributed by atoms with E-state index in [0.717, 1.165) is 41.0 Å². The van der Waals surface area contributed by atoms with Gasteiger partial charge in [0.15, 0.2) is 0 Å². The second kappa shape index (κ2) is 9.33. The first-order valence-corrected chi connectivity index (χ1v) is 11.4. The predicted molar refractivity (Wildman–Crippen MR) is 127 cm³/mol. The Balaban J connectivity index is 1.40. The van der Waals surface area contributed by atoms with Gasteiger partial charge in [0.2, 0.25) is 0 Å². The van der Waals surface area contributed by atoms with E-state index in [1.807, 2.05) is 31.2 Å². The third-order valence-corrected chi connectivity index (χ3v) is 6.57. The molecule has 0 spiro atoms. The monoisotopic (exact) mass is 439 g/mol. The molecule has 0 bridgehead atoms. The Hall–Kier alpha value is -2.50. The molecule has 0 saturated carbocycles. The summed E-state index contributed by atoms with van der Waals surface area (Å²) in [5.74, 6) is 0.575. The van der Waals surface area contributed by atoms with E-state index < -0.39 is 6.10 Å². The average molecular weight is 440 g/mol. The SMILES string of the molecule is CCc1c(C(=O)NC[C@@H](O)c2ccc(N3CCC(C)CC3)cc2)[nH]c2ccc(Cl)cc12. The third-order valence-electron chi connectivity index (χ3n) is 6.33. The number of amides is 1. The molecule has 0 aliphatic carbocycles. The van der Waals surface area contributed by atoms with E-state index in [9.17, 15) is 9.90 Å². The van der Waals surface area contributed by atoms with Crippen molar-refractivity contribution in [1.82, 2.24) is 10.3 Å². The van der Waals surface area contributed by atoms with E-state index in [-0.39, 0.29) is 12.5 Å². The molecule has 0 unspecified atom stereocenters. The van der Waals surface area contributed by atoms with Crippen molar-refractivity contribution in [1.29, 1.82) is 0 Å². The van der Waals surface area contributed by atoms with Crippen LogP contribution >= 0.6 is 11.6 Å². The van der Waals surface area contributed by atoms with Gasteiger partial charge in [-0.2, -0.15) is 0 Å². The summed E-state index contributed by atoms with van der Waals surface area (Å²) in [5, 5.41) is 15.1. The molecule has 4 rings (SSSR count). The van der Waals surface area contributed by atoms with Crippen LogP contribution in [0.1, 0.15) is 54.4 Å². The molecule has 31 heavy (non-hydrogen) atoms. The van der Waals surface area contributed by atoms with Gasteiger partial charge in [0.25, 0.3) is 5.91 Å². The first kappa shape index (κ1) is 21.7. The number of aryl methyl sites for hydroxylation is 1. The minimum atomic E-state index is -0.761. The van der Waals surface area contributed by atoms with Crippen LogP contribution < -0.4 is 10.2 Å². The average Bonchev–Trinajstić information content (AvgIpc) is 3.15. The minimum Gasteiger partial charge on any atom is -0.387 e. The van der Waals surface area contributed by atoms with Gasteiger partial charge in [-0.05, 0) is 66.6 Å². The number of aliphatic hydroxyl groups excluding tert-OH is 1. The number of H-pyrrole nitrogens is 1. The van der Waals surface area contributed by atoms with Crippen molar-refractivity contribution in [2.24, 2.45) is 5.92 Å². The fraction of sp³-hybridized carbons (Fsp3) is 0.400. The van der Waals surface area contributed by atoms with Gasteiger partial charge in [0.05, 0.1) is 6.10 Å². The number of piperidine rings is 1. The van der Waals surface area contributed by atoms with Crippen LogP contribution in [0.5, 0.6) is 0 Å². The van der Waals surface area contributed by atoms with Crippen molar-refractivity contribution in [2.45, 2.75) is 39.2 Å². The quantitative estimate of drug-likeness (QED) is 0.501. The molecule has 3 aromatic rings. The molecule has 1 amide bonds. The summed E-state index contributed by atoms with van der Waals surface area (Å²) in [7, 11) is 0. The number of aliphatic hydroxyl groups is 1. The van der Waals surface area contributed by atoms with Crippen LogP contribution in [0.15, 0.2) is 42.5 Å². The zero-order valence-electron chi connectivity index (χ0n) is 18.1. The minimum absolute atomic E-state index is 0.151. The van der Waals surface area contributed by atoms with Crippen molar-refractivity contribution in [3.05, 3.63) is 64.3 Å². The Labute approximate surface area is 188 Å². The number of nitrogens with one attached hydrogen (secondary N) is 2. The molecule has 5 nitrogen and oxygen atoms in total. The summed E-state index contributed by atoms with van der Waals surface area (Å²) < 4.78 is 0. The van der Waals surface area contributed by atoms with Gasteiger partial charge in [0, 0.05) is 41.2 Å². The van der Waals surface area contributed by atoms with Crippen LogP contribution in [0.3, 0.4) is 0 Å². The largest absolute Gasteiger partial charge is 0.387 e. The van der Waals surface area contributed by atoms with E-state index in [1.165, 1.54) is 18.5 Å². The molecule has 1 fully saturated rings. The van der Waals surface area contributed by atoms with E-state index in [2.05, 4.69) is 34.3 Å². The maximum Gasteiger partial charge on any atom is 0.268 e. The topological polar surface area (TPSA) is 68.4 Å². The van der Waals surface area contributed by atoms with Gasteiger partial charge in [-0.25, -0.2) is 0 Å². The molecule has 2 aromatic carbocycles. The lowest BCUT2D eigenvalue weighted by Gasteiger charge is -2.32. The number of carbonyl (C=O) groups is 1. The summed E-state index contributed by atoms with van der Waals surface area (Å²) in [5.41, 5.74) is 4.34. The van der Waals surface area contributed by atoms with Crippen LogP contribution in [0.25, 0.3) is 10.9 Å². The molecule has 164 valence electrons. The van der Waals surface area contributed by atoms with Crippen LogP contribution in [-0.2, 0) is 6.42 Å². The highest BCUT2D eigenvalue weighted by atomic mass is 35.5. The maximum atomic E-state index is 12.8. The normalized spacial score (nSPS) is 15.9. The Bertz CT molecular complexity index is 1050. The van der Waals surface area contributed by atoms with E-state index in [0.29, 0.717) is 17.1 Å². The van der Waals surface area contributed by atoms with Crippen molar-refractivity contribution in [2.75, 3.05) is 24.5 Å². The van der Waals surface area contributed by atoms with E-state index in [4.69, 9.17) is 11.6 Å². The fourth-order valence-corrected chi connectivity index (χ4v) is 4.52. The molecule has 2 heterocycles. The van der Waals surface area contributed by atoms with Crippen molar-refractivity contribution in [3.63, 3.8) is 0 Å². The van der Waals surface area contributed by atoms with Gasteiger partial charge in [-0.15, -0.1) is 0 Å². The number of rotatable bonds is 6. The number of aromatic amines is 1. The van der Waals surface area contributed by atoms with Crippen molar-refractivity contribution < 1.29 is 9.90 Å². The summed E-state index contributed by atoms with van der Waals surface area (Å²) in [4.78, 5) is 18.4. The first-order valence-electron chi connectivity index (χ1n) is 11.1. The summed E-state index contributed by atoms with van der Waals surface area (Å²) in [6, 6.07) is 13.6. The molecular formula is C25H30ClN3O2. The highest BCUT2D eigenvalue weighted by Crippen LogP contribution is 2.27. The number of fused-ring (bicyclic) bond motifs is 1. The molecule has 3 N–H and O–H groups in total. The molecule has 1 aromatic heterocycles. The maximum absolute atomic E-state index is 12.8. The standard InChI is InChI=1S/C25H30ClN3O2/c1-3-20-21-14-18(26)6-9-22(21)28-24(20)25(31)27-15-23(30)17-4-7-19(8-5-17)29-12-10-16(2)11-13-29/h4-9,14,16,23,28,30H,3,10-13,15H2,1-2H3,(H,27,31)/t23-/m1/s1. The Morgan fingerprint density at radius 2 is 1.94 bits per heavy atom. The lowest BCUT2D eigenvalue weighted by atomic mass is 9.98. The number of aromatic nitrogens is 1. The van der Waals surface area contributed by atoms with Crippen LogP contribution in [0.4, 0.5) is 5.69 Å². The highest BCUT2D eigenvalue weighted by Gasteiger charge is 2.19. The summed E-state index contributed by atoms with van der Waals surface area (Å²) >= 11 is 6.12. The van der Waals surface area contributed by atoms with Crippen LogP contribution in [0.2, 0.25) is 5.02 Å². The smallest absolute Gasteiger partial charge is 0.268 e. The highest BCUT2D eigenvalue weighted by molar-refractivity contribution is 6.31. The third kappa shape index (κ3) is 4.73. The number of halogens is 1. The van der Waals surface area contributed by atoms with Gasteiger partial charge in [0.1, 0.15) is 5.69 Å². The van der Waals surface area contributed by atoms with E-state index >= 15 is 0 Å². The summed E-state index contributed by atoms with van der Waals surface area (Å²) in [6.07, 6.45) is 2.39. The molecule has 1 aliphatic rings. The number of anilines is 1. The van der Waals surface area contributed by atoms with Gasteiger partial charge >= 0.3 is 0 Å². The Morgan fingerprint density at radius 3 is 2.61 bits per heavy atom. The second-order valence-corrected chi connectivity index (χ2v) is 8.95. The molecule has 1 saturated heterocycles. The molecule has 1 atom stereocenters. The Morgan fingerprint density at radius 1 is 1.23 bits per heavy atom. The van der Waals surface area contributed by atoms with Crippen molar-refractivity contribution in [3.8, 4) is 0 Å². The van der Waals surface area contributed by atoms with Gasteiger partial charge in [-0.3, -0.25) is 4.79 Å². The van der Waals surface area contributed by atoms with E-state index in [1.54, 1.807) is 6.07 Å². The molecular weight excluding hydrogens is 410 g/mol. The predicted octanol–water partition coefficient (Wildman–Crippen LogP) is 5.08. The molecule has 0 radical (unpaired) electrons. The van der Waals surface area contributed by atoms with Gasteiger partial charge in [-0.1, -0.05) is 37.6 Å². The van der Waals surface area contributed by atoms with Gasteiger partial charge < -0.3 is 20.3 Å². The Kier molecular flexibility index (Phi) is 6.54. The second-order valence-electron chi connectivity index (χ2n) is 8.51. The number of hydrogen-bond donors (Lipinski definition) is 3. The lowest BCUT2D eigenvalue weighted by Crippen LogP contribution is -2.32. The zero-order chi connectivity index (χ0) is 22.0. The number of benzene rings is 2. The number of nitrogens with zero attached hydrogens (tertiary/aromatic N) is 1. The lowest BCUT2D eigenvalue weighted by molar-refractivity contribution is 0.0911. The summed E-state index contributed by atoms with van der Waals surface area (Å²) in [6.45, 7) is 6.63. The van der Waals surface area contributed by atoms with Crippen LogP contribution in [0, 0.1) is 5.92 Å². The molecule has 1 aliphatic heterocycles. The van der Waals surface area contributed by atoms with Crippen LogP contribution in [-0.4, -0.2) is 35.6 Å². The van der Waals surface area contributed by atoms with Crippen molar-refractivity contribution >= 4 is 34.1 Å². The molecule has 6 heteroatoms. The number of hydrogen-bond acceptors (Lipinski definition) is 3. The number of carbonyl (C=O) groups excluding carboxylic acids is 1. The first-order chi connectivity index (χ1) is 15.0.